The first kappa shape index (κ1) is 15.8. The molecule has 0 bridgehead atoms. The molecule has 1 heterocycles. The fourth-order valence-corrected chi connectivity index (χ4v) is 1.85. The zero-order valence-electron chi connectivity index (χ0n) is 10.1. The number of carbonyl (C=O) groups is 1. The van der Waals surface area contributed by atoms with E-state index in [0.717, 1.165) is 0 Å². The summed E-state index contributed by atoms with van der Waals surface area (Å²) in [6.07, 6.45) is 0.937. The van der Waals surface area contributed by atoms with Crippen LogP contribution in [0.2, 0.25) is 0 Å². The van der Waals surface area contributed by atoms with E-state index >= 15 is 0 Å². The van der Waals surface area contributed by atoms with Crippen molar-refractivity contribution in [3.05, 3.63) is 23.9 Å². The second kappa shape index (κ2) is 6.76. The Kier molecular flexibility index (Phi) is 5.61. The summed E-state index contributed by atoms with van der Waals surface area (Å²) in [5, 5.41) is 11.1. The maximum Gasteiger partial charge on any atom is 0.447 e. The van der Waals surface area contributed by atoms with E-state index in [1.165, 1.54) is 18.3 Å². The third-order valence-corrected chi connectivity index (χ3v) is 2.83. The highest BCUT2D eigenvalue weighted by Gasteiger charge is 2.32. The van der Waals surface area contributed by atoms with Gasteiger partial charge in [0.25, 0.3) is 5.91 Å². The third-order valence-electron chi connectivity index (χ3n) is 2.08. The topological polar surface area (TPSA) is 62.2 Å². The summed E-state index contributed by atoms with van der Waals surface area (Å²) in [5.41, 5.74) is -4.63. The molecule has 1 unspecified atom stereocenters. The normalized spacial score (nSPS) is 13.1. The predicted molar refractivity (Wildman–Crippen MR) is 64.8 cm³/mol. The summed E-state index contributed by atoms with van der Waals surface area (Å²) < 4.78 is 36.9. The number of halogens is 3. The molecule has 0 radical (unpaired) electrons. The van der Waals surface area contributed by atoms with E-state index in [0.29, 0.717) is 6.42 Å². The molecule has 0 aromatic carbocycles. The molecule has 2 N–H and O–H groups in total. The minimum Gasteiger partial charge on any atom is -0.393 e. The number of thioether (sulfide) groups is 1. The lowest BCUT2D eigenvalue weighted by atomic mass is 10.2. The van der Waals surface area contributed by atoms with Crippen molar-refractivity contribution >= 4 is 17.7 Å². The fourth-order valence-electron chi connectivity index (χ4n) is 1.24. The number of nitrogens with one attached hydrogen (secondary N) is 1. The lowest BCUT2D eigenvalue weighted by Crippen LogP contribution is -2.27. The Labute approximate surface area is 112 Å². The van der Waals surface area contributed by atoms with E-state index in [2.05, 4.69) is 10.3 Å². The average Bonchev–Trinajstić information content (AvgIpc) is 2.26. The monoisotopic (exact) mass is 294 g/mol. The number of carbonyl (C=O) groups excluding carboxylic acids is 1. The van der Waals surface area contributed by atoms with Crippen LogP contribution in [0.4, 0.5) is 13.2 Å². The highest BCUT2D eigenvalue weighted by molar-refractivity contribution is 8.00. The first-order valence-electron chi connectivity index (χ1n) is 5.46. The number of nitrogens with zero attached hydrogens (tertiary/aromatic N) is 1. The fraction of sp³-hybridized carbons (Fsp3) is 0.455. The SMILES string of the molecule is CC(O)CCNC(=O)c1cccnc1SC(F)(F)F. The quantitative estimate of drug-likeness (QED) is 0.817. The zero-order valence-corrected chi connectivity index (χ0v) is 10.9. The summed E-state index contributed by atoms with van der Waals surface area (Å²) >= 11 is -0.426. The molecule has 1 aromatic rings. The van der Waals surface area contributed by atoms with Crippen LogP contribution in [0.1, 0.15) is 23.7 Å². The molecule has 4 nitrogen and oxygen atoms in total. The third kappa shape index (κ3) is 5.93. The van der Waals surface area contributed by atoms with Crippen LogP contribution in [0.5, 0.6) is 0 Å². The minimum atomic E-state index is -4.50. The zero-order chi connectivity index (χ0) is 14.5. The summed E-state index contributed by atoms with van der Waals surface area (Å²) in [6.45, 7) is 1.74. The van der Waals surface area contributed by atoms with E-state index in [-0.39, 0.29) is 17.1 Å². The van der Waals surface area contributed by atoms with Gasteiger partial charge in [0.2, 0.25) is 0 Å². The minimum absolute atomic E-state index is 0.129. The van der Waals surface area contributed by atoms with E-state index in [4.69, 9.17) is 5.11 Å². The molecule has 0 spiro atoms. The first-order valence-corrected chi connectivity index (χ1v) is 6.28. The van der Waals surface area contributed by atoms with Crippen molar-refractivity contribution < 1.29 is 23.1 Å². The van der Waals surface area contributed by atoms with Gasteiger partial charge in [-0.3, -0.25) is 4.79 Å². The number of aliphatic hydroxyl groups excluding tert-OH is 1. The molecular weight excluding hydrogens is 281 g/mol. The number of rotatable bonds is 5. The molecule has 1 aromatic heterocycles. The van der Waals surface area contributed by atoms with Crippen molar-refractivity contribution in [2.75, 3.05) is 6.54 Å². The molecular formula is C11H13F3N2O2S. The van der Waals surface area contributed by atoms with Gasteiger partial charge in [-0.25, -0.2) is 4.98 Å². The van der Waals surface area contributed by atoms with Crippen LogP contribution < -0.4 is 5.32 Å². The Balaban J connectivity index is 2.74. The maximum absolute atomic E-state index is 12.3. The summed E-state index contributed by atoms with van der Waals surface area (Å²) in [5.74, 6) is -0.638. The van der Waals surface area contributed by atoms with Gasteiger partial charge in [-0.1, -0.05) is 0 Å². The standard InChI is InChI=1S/C11H13F3N2O2S/c1-7(17)4-6-15-9(18)8-3-2-5-16-10(8)19-11(12,13)14/h2-3,5,7,17H,4,6H2,1H3,(H,15,18). The summed E-state index contributed by atoms with van der Waals surface area (Å²) in [6, 6.07) is 2.67. The van der Waals surface area contributed by atoms with Crippen molar-refractivity contribution in [3.63, 3.8) is 0 Å². The molecule has 1 atom stereocenters. The molecule has 1 rings (SSSR count). The van der Waals surface area contributed by atoms with E-state index in [1.807, 2.05) is 0 Å². The number of amides is 1. The average molecular weight is 294 g/mol. The molecule has 19 heavy (non-hydrogen) atoms. The van der Waals surface area contributed by atoms with Crippen molar-refractivity contribution in [2.24, 2.45) is 0 Å². The van der Waals surface area contributed by atoms with Crippen molar-refractivity contribution in [1.82, 2.24) is 10.3 Å². The van der Waals surface area contributed by atoms with E-state index < -0.39 is 29.3 Å². The number of hydrogen-bond acceptors (Lipinski definition) is 4. The predicted octanol–water partition coefficient (Wildman–Crippen LogP) is 2.19. The lowest BCUT2D eigenvalue weighted by molar-refractivity contribution is -0.0329. The van der Waals surface area contributed by atoms with Crippen LogP contribution in [0.3, 0.4) is 0 Å². The van der Waals surface area contributed by atoms with Crippen LogP contribution in [-0.2, 0) is 0 Å². The maximum atomic E-state index is 12.3. The number of aliphatic hydroxyl groups is 1. The first-order chi connectivity index (χ1) is 8.79. The molecule has 0 fully saturated rings. The Bertz CT molecular complexity index is 438. The van der Waals surface area contributed by atoms with Crippen molar-refractivity contribution in [2.45, 2.75) is 30.0 Å². The molecule has 0 saturated carbocycles. The Morgan fingerprint density at radius 3 is 2.84 bits per heavy atom. The Morgan fingerprint density at radius 1 is 1.58 bits per heavy atom. The van der Waals surface area contributed by atoms with Gasteiger partial charge in [0.05, 0.1) is 11.7 Å². The van der Waals surface area contributed by atoms with Crippen molar-refractivity contribution in [1.29, 1.82) is 0 Å². The van der Waals surface area contributed by atoms with Gasteiger partial charge in [0.1, 0.15) is 5.03 Å². The van der Waals surface area contributed by atoms with Gasteiger partial charge in [0, 0.05) is 24.5 Å². The van der Waals surface area contributed by atoms with Gasteiger partial charge in [-0.15, -0.1) is 0 Å². The Hall–Kier alpha value is -1.28. The smallest absolute Gasteiger partial charge is 0.393 e. The highest BCUT2D eigenvalue weighted by Crippen LogP contribution is 2.37. The lowest BCUT2D eigenvalue weighted by Gasteiger charge is -2.10. The number of aromatic nitrogens is 1. The summed E-state index contributed by atoms with van der Waals surface area (Å²) in [4.78, 5) is 15.3. The van der Waals surface area contributed by atoms with Gasteiger partial charge in [-0.2, -0.15) is 13.2 Å². The largest absolute Gasteiger partial charge is 0.447 e. The molecule has 1 amide bonds. The van der Waals surface area contributed by atoms with Crippen LogP contribution in [0.15, 0.2) is 23.4 Å². The summed E-state index contributed by atoms with van der Waals surface area (Å²) in [7, 11) is 0. The van der Waals surface area contributed by atoms with Crippen LogP contribution >= 0.6 is 11.8 Å². The molecule has 0 aliphatic carbocycles. The number of pyridine rings is 1. The van der Waals surface area contributed by atoms with Gasteiger partial charge >= 0.3 is 5.51 Å². The molecule has 0 aliphatic heterocycles. The van der Waals surface area contributed by atoms with Crippen molar-refractivity contribution in [3.8, 4) is 0 Å². The number of alkyl halides is 3. The second-order valence-corrected chi connectivity index (χ2v) is 4.85. The molecule has 106 valence electrons. The van der Waals surface area contributed by atoms with E-state index in [1.54, 1.807) is 6.92 Å². The van der Waals surface area contributed by atoms with E-state index in [9.17, 15) is 18.0 Å². The van der Waals surface area contributed by atoms with Crippen LogP contribution in [0.25, 0.3) is 0 Å². The molecule has 0 aliphatic rings. The second-order valence-electron chi connectivity index (χ2n) is 3.80. The number of hydrogen-bond donors (Lipinski definition) is 2. The molecule has 8 heteroatoms. The van der Waals surface area contributed by atoms with Gasteiger partial charge in [0.15, 0.2) is 0 Å². The molecule has 0 saturated heterocycles. The van der Waals surface area contributed by atoms with Gasteiger partial charge < -0.3 is 10.4 Å². The Morgan fingerprint density at radius 2 is 2.26 bits per heavy atom. The van der Waals surface area contributed by atoms with Gasteiger partial charge in [-0.05, 0) is 25.5 Å². The van der Waals surface area contributed by atoms with Crippen LogP contribution in [0, 0.1) is 0 Å². The highest BCUT2D eigenvalue weighted by atomic mass is 32.2. The van der Waals surface area contributed by atoms with Crippen LogP contribution in [-0.4, -0.2) is 34.2 Å².